The van der Waals surface area contributed by atoms with E-state index in [2.05, 4.69) is 10.3 Å². The lowest BCUT2D eigenvalue weighted by molar-refractivity contribution is -0.385. The van der Waals surface area contributed by atoms with E-state index in [4.69, 9.17) is 17.3 Å². The van der Waals surface area contributed by atoms with E-state index >= 15 is 0 Å². The second-order valence-electron chi connectivity index (χ2n) is 3.40. The average molecular weight is 259 g/mol. The number of pyridine rings is 1. The van der Waals surface area contributed by atoms with Gasteiger partial charge in [-0.3, -0.25) is 14.9 Å². The number of carbonyl (C=O) groups excluding carboxylic acids is 1. The zero-order valence-electron chi connectivity index (χ0n) is 9.01. The Balaban J connectivity index is 3.00. The van der Waals surface area contributed by atoms with Gasteiger partial charge in [0, 0.05) is 18.7 Å². The van der Waals surface area contributed by atoms with Gasteiger partial charge in [0.25, 0.3) is 11.6 Å². The number of nitrogens with zero attached hydrogens (tertiary/aromatic N) is 2. The largest absolute Gasteiger partial charge is 0.348 e. The summed E-state index contributed by atoms with van der Waals surface area (Å²) in [6, 6.07) is 0.825. The van der Waals surface area contributed by atoms with Gasteiger partial charge in [-0.1, -0.05) is 11.6 Å². The average Bonchev–Trinajstić information content (AvgIpc) is 2.28. The minimum Gasteiger partial charge on any atom is -0.348 e. The molecule has 1 aromatic rings. The van der Waals surface area contributed by atoms with Gasteiger partial charge < -0.3 is 11.1 Å². The van der Waals surface area contributed by atoms with Gasteiger partial charge in [-0.05, 0) is 6.92 Å². The Morgan fingerprint density at radius 2 is 2.41 bits per heavy atom. The van der Waals surface area contributed by atoms with Crippen LogP contribution in [0.4, 0.5) is 5.69 Å². The maximum Gasteiger partial charge on any atom is 0.288 e. The Labute approximate surface area is 102 Å². The number of nitro groups is 1. The van der Waals surface area contributed by atoms with Gasteiger partial charge >= 0.3 is 0 Å². The molecule has 1 rings (SSSR count). The fourth-order valence-electron chi connectivity index (χ4n) is 1.06. The summed E-state index contributed by atoms with van der Waals surface area (Å²) in [4.78, 5) is 25.2. The fourth-order valence-corrected chi connectivity index (χ4v) is 1.25. The molecule has 1 amide bonds. The zero-order chi connectivity index (χ0) is 13.0. The predicted octanol–water partition coefficient (Wildman–Crippen LogP) is 0.720. The first-order valence-electron chi connectivity index (χ1n) is 4.76. The monoisotopic (exact) mass is 258 g/mol. The molecule has 17 heavy (non-hydrogen) atoms. The molecular formula is C9H11ClN4O3. The van der Waals surface area contributed by atoms with Crippen LogP contribution < -0.4 is 11.1 Å². The molecule has 3 N–H and O–H groups in total. The molecule has 0 saturated carbocycles. The molecule has 0 unspecified atom stereocenters. The van der Waals surface area contributed by atoms with Crippen molar-refractivity contribution >= 4 is 23.2 Å². The third-order valence-corrected chi connectivity index (χ3v) is 2.31. The number of amides is 1. The van der Waals surface area contributed by atoms with Crippen molar-refractivity contribution in [1.82, 2.24) is 10.3 Å². The number of nitrogens with two attached hydrogens (primary N) is 1. The summed E-state index contributed by atoms with van der Waals surface area (Å²) < 4.78 is 0. The van der Waals surface area contributed by atoms with Gasteiger partial charge in [0.05, 0.1) is 10.5 Å². The number of hydrogen-bond donors (Lipinski definition) is 2. The van der Waals surface area contributed by atoms with Crippen molar-refractivity contribution in [1.29, 1.82) is 0 Å². The molecule has 0 aliphatic rings. The molecule has 1 aromatic heterocycles. The van der Waals surface area contributed by atoms with E-state index in [0.717, 1.165) is 12.3 Å². The fraction of sp³-hybridized carbons (Fsp3) is 0.333. The van der Waals surface area contributed by atoms with Crippen LogP contribution in [0.1, 0.15) is 17.3 Å². The number of halogens is 1. The Morgan fingerprint density at radius 3 is 2.94 bits per heavy atom. The third kappa shape index (κ3) is 3.36. The maximum atomic E-state index is 11.7. The first kappa shape index (κ1) is 13.3. The van der Waals surface area contributed by atoms with Crippen molar-refractivity contribution in [2.24, 2.45) is 5.73 Å². The van der Waals surface area contributed by atoms with Gasteiger partial charge in [0.15, 0.2) is 0 Å². The van der Waals surface area contributed by atoms with Crippen LogP contribution in [0.5, 0.6) is 0 Å². The zero-order valence-corrected chi connectivity index (χ0v) is 9.77. The topological polar surface area (TPSA) is 111 Å². The highest BCUT2D eigenvalue weighted by molar-refractivity contribution is 6.32. The van der Waals surface area contributed by atoms with Gasteiger partial charge in [-0.15, -0.1) is 0 Å². The summed E-state index contributed by atoms with van der Waals surface area (Å²) >= 11 is 5.70. The van der Waals surface area contributed by atoms with E-state index in [1.165, 1.54) is 0 Å². The highest BCUT2D eigenvalue weighted by Crippen LogP contribution is 2.18. The predicted molar refractivity (Wildman–Crippen MR) is 61.9 cm³/mol. The second kappa shape index (κ2) is 5.55. The minimum absolute atomic E-state index is 0.0406. The second-order valence-corrected chi connectivity index (χ2v) is 3.76. The summed E-state index contributed by atoms with van der Waals surface area (Å²) in [6.07, 6.45) is 0.992. The molecule has 0 radical (unpaired) electrons. The van der Waals surface area contributed by atoms with Gasteiger partial charge in [-0.25, -0.2) is 4.98 Å². The molecule has 0 aromatic carbocycles. The van der Waals surface area contributed by atoms with E-state index in [0.29, 0.717) is 0 Å². The van der Waals surface area contributed by atoms with Gasteiger partial charge in [0.2, 0.25) is 0 Å². The molecule has 1 atom stereocenters. The van der Waals surface area contributed by atoms with Crippen LogP contribution in [0.2, 0.25) is 5.15 Å². The molecule has 0 aliphatic carbocycles. The number of hydrogen-bond acceptors (Lipinski definition) is 5. The number of nitrogens with one attached hydrogen (secondary N) is 1. The third-order valence-electron chi connectivity index (χ3n) is 2.01. The van der Waals surface area contributed by atoms with Crippen LogP contribution in [-0.4, -0.2) is 28.4 Å². The summed E-state index contributed by atoms with van der Waals surface area (Å²) in [5, 5.41) is 13.0. The number of carbonyl (C=O) groups is 1. The van der Waals surface area contributed by atoms with Crippen LogP contribution >= 0.6 is 11.6 Å². The molecular weight excluding hydrogens is 248 g/mol. The summed E-state index contributed by atoms with van der Waals surface area (Å²) in [6.45, 7) is 1.96. The first-order chi connectivity index (χ1) is 7.95. The summed E-state index contributed by atoms with van der Waals surface area (Å²) in [5.74, 6) is -0.538. The smallest absolute Gasteiger partial charge is 0.288 e. The molecule has 8 heteroatoms. The van der Waals surface area contributed by atoms with E-state index in [9.17, 15) is 14.9 Å². The standard InChI is InChI=1S/C9H11ClN4O3/c1-5(3-11)13-9(15)7-2-6(14(16)17)4-12-8(7)10/h2,4-5H,3,11H2,1H3,(H,13,15)/t5-/m1/s1. The van der Waals surface area contributed by atoms with Crippen molar-refractivity contribution < 1.29 is 9.72 Å². The molecule has 92 valence electrons. The lowest BCUT2D eigenvalue weighted by Crippen LogP contribution is -2.38. The maximum absolute atomic E-state index is 11.7. The Morgan fingerprint density at radius 1 is 1.76 bits per heavy atom. The number of aromatic nitrogens is 1. The van der Waals surface area contributed by atoms with Crippen molar-refractivity contribution in [3.05, 3.63) is 33.1 Å². The molecule has 7 nitrogen and oxygen atoms in total. The van der Waals surface area contributed by atoms with Crippen LogP contribution in [0.3, 0.4) is 0 Å². The normalized spacial score (nSPS) is 11.9. The molecule has 0 bridgehead atoms. The summed E-state index contributed by atoms with van der Waals surface area (Å²) in [7, 11) is 0. The van der Waals surface area contributed by atoms with E-state index in [-0.39, 0.29) is 29.0 Å². The Hall–Kier alpha value is -1.73. The summed E-state index contributed by atoms with van der Waals surface area (Å²) in [5.41, 5.74) is 5.01. The molecule has 0 saturated heterocycles. The molecule has 0 fully saturated rings. The van der Waals surface area contributed by atoms with Crippen molar-refractivity contribution in [3.8, 4) is 0 Å². The quantitative estimate of drug-likeness (QED) is 0.470. The van der Waals surface area contributed by atoms with E-state index < -0.39 is 10.8 Å². The van der Waals surface area contributed by atoms with Crippen LogP contribution in [0.15, 0.2) is 12.3 Å². The van der Waals surface area contributed by atoms with E-state index in [1.54, 1.807) is 6.92 Å². The molecule has 0 spiro atoms. The lowest BCUT2D eigenvalue weighted by atomic mass is 10.2. The Bertz CT molecular complexity index is 452. The lowest BCUT2D eigenvalue weighted by Gasteiger charge is -2.11. The van der Waals surface area contributed by atoms with Crippen molar-refractivity contribution in [2.45, 2.75) is 13.0 Å². The Kier molecular flexibility index (Phi) is 4.36. The van der Waals surface area contributed by atoms with Crippen LogP contribution in [-0.2, 0) is 0 Å². The van der Waals surface area contributed by atoms with E-state index in [1.807, 2.05) is 0 Å². The molecule has 0 aliphatic heterocycles. The van der Waals surface area contributed by atoms with Gasteiger partial charge in [-0.2, -0.15) is 0 Å². The molecule has 1 heterocycles. The van der Waals surface area contributed by atoms with Crippen molar-refractivity contribution in [2.75, 3.05) is 6.54 Å². The van der Waals surface area contributed by atoms with Crippen LogP contribution in [0, 0.1) is 10.1 Å². The first-order valence-corrected chi connectivity index (χ1v) is 5.14. The minimum atomic E-state index is -0.646. The SMILES string of the molecule is C[C@H](CN)NC(=O)c1cc([N+](=O)[O-])cnc1Cl. The van der Waals surface area contributed by atoms with Crippen LogP contribution in [0.25, 0.3) is 0 Å². The van der Waals surface area contributed by atoms with Gasteiger partial charge in [0.1, 0.15) is 11.3 Å². The highest BCUT2D eigenvalue weighted by Gasteiger charge is 2.17. The highest BCUT2D eigenvalue weighted by atomic mass is 35.5. The van der Waals surface area contributed by atoms with Crippen molar-refractivity contribution in [3.63, 3.8) is 0 Å². The number of rotatable bonds is 4.